The van der Waals surface area contributed by atoms with E-state index in [0.29, 0.717) is 37.7 Å². The first-order valence-electron chi connectivity index (χ1n) is 9.35. The van der Waals surface area contributed by atoms with Crippen LogP contribution >= 0.6 is 0 Å². The fourth-order valence-corrected chi connectivity index (χ4v) is 3.78. The summed E-state index contributed by atoms with van der Waals surface area (Å²) in [5.41, 5.74) is 1.35. The van der Waals surface area contributed by atoms with Gasteiger partial charge < -0.3 is 19.1 Å². The summed E-state index contributed by atoms with van der Waals surface area (Å²) in [5, 5.41) is 0. The molecule has 0 unspecified atom stereocenters. The molecule has 2 fully saturated rings. The Hall–Kier alpha value is -1.92. The molecule has 1 aromatic carbocycles. The van der Waals surface area contributed by atoms with Crippen LogP contribution in [0.3, 0.4) is 0 Å². The summed E-state index contributed by atoms with van der Waals surface area (Å²) in [6.07, 6.45) is 4.20. The minimum absolute atomic E-state index is 0.0258. The molecule has 0 atom stereocenters. The molecule has 6 heteroatoms. The maximum Gasteiger partial charge on any atom is 0.261 e. The van der Waals surface area contributed by atoms with Crippen LogP contribution in [0.1, 0.15) is 41.6 Å². The SMILES string of the molecule is Cc1cccc(OCC(=O)N(C2CCOCC2)C2CCOCC2)c1C=O. The van der Waals surface area contributed by atoms with Gasteiger partial charge in [0.25, 0.3) is 5.91 Å². The second-order valence-corrected chi connectivity index (χ2v) is 6.88. The highest BCUT2D eigenvalue weighted by atomic mass is 16.5. The van der Waals surface area contributed by atoms with Crippen molar-refractivity contribution in [3.63, 3.8) is 0 Å². The molecule has 0 radical (unpaired) electrons. The van der Waals surface area contributed by atoms with Crippen molar-refractivity contribution in [3.8, 4) is 5.75 Å². The molecule has 2 saturated heterocycles. The Morgan fingerprint density at radius 1 is 1.12 bits per heavy atom. The van der Waals surface area contributed by atoms with Gasteiger partial charge in [0.15, 0.2) is 12.9 Å². The van der Waals surface area contributed by atoms with E-state index in [0.717, 1.165) is 37.5 Å². The number of benzene rings is 1. The summed E-state index contributed by atoms with van der Waals surface area (Å²) in [6, 6.07) is 5.79. The minimum Gasteiger partial charge on any atom is -0.483 e. The Bertz CT molecular complexity index is 603. The summed E-state index contributed by atoms with van der Waals surface area (Å²) >= 11 is 0. The third-order valence-corrected chi connectivity index (χ3v) is 5.21. The molecule has 0 N–H and O–H groups in total. The van der Waals surface area contributed by atoms with Crippen LogP contribution in [0, 0.1) is 6.92 Å². The first-order chi connectivity index (χ1) is 12.7. The van der Waals surface area contributed by atoms with Crippen LogP contribution in [0.5, 0.6) is 5.75 Å². The van der Waals surface area contributed by atoms with Crippen molar-refractivity contribution in [2.45, 2.75) is 44.7 Å². The lowest BCUT2D eigenvalue weighted by Gasteiger charge is -2.41. The minimum atomic E-state index is -0.0565. The molecule has 142 valence electrons. The van der Waals surface area contributed by atoms with Gasteiger partial charge in [0.1, 0.15) is 5.75 Å². The topological polar surface area (TPSA) is 65.1 Å². The molecule has 0 aliphatic carbocycles. The van der Waals surface area contributed by atoms with Gasteiger partial charge >= 0.3 is 0 Å². The molecule has 0 aromatic heterocycles. The molecule has 2 heterocycles. The molecule has 1 aromatic rings. The van der Waals surface area contributed by atoms with Gasteiger partial charge in [0.05, 0.1) is 5.56 Å². The van der Waals surface area contributed by atoms with E-state index in [4.69, 9.17) is 14.2 Å². The van der Waals surface area contributed by atoms with Crippen molar-refractivity contribution >= 4 is 12.2 Å². The summed E-state index contributed by atoms with van der Waals surface area (Å²) in [7, 11) is 0. The largest absolute Gasteiger partial charge is 0.483 e. The third-order valence-electron chi connectivity index (χ3n) is 5.21. The maximum absolute atomic E-state index is 13.0. The van der Waals surface area contributed by atoms with Crippen LogP contribution in [0.2, 0.25) is 0 Å². The highest BCUT2D eigenvalue weighted by molar-refractivity contribution is 5.82. The van der Waals surface area contributed by atoms with Crippen molar-refractivity contribution in [3.05, 3.63) is 29.3 Å². The average Bonchev–Trinajstić information content (AvgIpc) is 2.68. The Balaban J connectivity index is 1.70. The van der Waals surface area contributed by atoms with Crippen molar-refractivity contribution in [2.24, 2.45) is 0 Å². The number of aryl methyl sites for hydroxylation is 1. The van der Waals surface area contributed by atoms with E-state index in [1.807, 2.05) is 24.0 Å². The number of amides is 1. The van der Waals surface area contributed by atoms with Gasteiger partial charge in [-0.3, -0.25) is 9.59 Å². The van der Waals surface area contributed by atoms with Gasteiger partial charge in [0.2, 0.25) is 0 Å². The van der Waals surface area contributed by atoms with E-state index < -0.39 is 0 Å². The predicted molar refractivity (Wildman–Crippen MR) is 96.6 cm³/mol. The predicted octanol–water partition coefficient (Wildman–Crippen LogP) is 2.37. The highest BCUT2D eigenvalue weighted by Gasteiger charge is 2.33. The number of hydrogen-bond donors (Lipinski definition) is 0. The van der Waals surface area contributed by atoms with Gasteiger partial charge in [-0.2, -0.15) is 0 Å². The molecule has 0 spiro atoms. The third kappa shape index (κ3) is 4.43. The Morgan fingerprint density at radius 3 is 2.23 bits per heavy atom. The van der Waals surface area contributed by atoms with E-state index >= 15 is 0 Å². The fraction of sp³-hybridized carbons (Fsp3) is 0.600. The molecule has 2 aliphatic heterocycles. The summed E-state index contributed by atoms with van der Waals surface area (Å²) in [5.74, 6) is 0.439. The zero-order chi connectivity index (χ0) is 18.4. The van der Waals surface area contributed by atoms with Crippen LogP contribution in [0.15, 0.2) is 18.2 Å². The number of nitrogens with zero attached hydrogens (tertiary/aromatic N) is 1. The zero-order valence-corrected chi connectivity index (χ0v) is 15.3. The smallest absolute Gasteiger partial charge is 0.261 e. The van der Waals surface area contributed by atoms with Gasteiger partial charge in [0, 0.05) is 38.5 Å². The molecule has 3 rings (SSSR count). The molecular formula is C20H27NO5. The Morgan fingerprint density at radius 2 is 1.69 bits per heavy atom. The van der Waals surface area contributed by atoms with E-state index in [1.165, 1.54) is 0 Å². The van der Waals surface area contributed by atoms with Crippen molar-refractivity contribution < 1.29 is 23.8 Å². The van der Waals surface area contributed by atoms with Gasteiger partial charge in [-0.25, -0.2) is 0 Å². The molecular weight excluding hydrogens is 334 g/mol. The maximum atomic E-state index is 13.0. The van der Waals surface area contributed by atoms with Crippen molar-refractivity contribution in [1.82, 2.24) is 4.90 Å². The van der Waals surface area contributed by atoms with Crippen LogP contribution in [0.4, 0.5) is 0 Å². The number of hydrogen-bond acceptors (Lipinski definition) is 5. The number of rotatable bonds is 6. The van der Waals surface area contributed by atoms with E-state index in [2.05, 4.69) is 0 Å². The van der Waals surface area contributed by atoms with Crippen LogP contribution in [-0.4, -0.2) is 62.2 Å². The lowest BCUT2D eigenvalue weighted by molar-refractivity contribution is -0.143. The average molecular weight is 361 g/mol. The zero-order valence-electron chi connectivity index (χ0n) is 15.3. The van der Waals surface area contributed by atoms with Crippen molar-refractivity contribution in [2.75, 3.05) is 33.0 Å². The molecule has 26 heavy (non-hydrogen) atoms. The van der Waals surface area contributed by atoms with Gasteiger partial charge in [-0.15, -0.1) is 0 Å². The molecule has 1 amide bonds. The second-order valence-electron chi connectivity index (χ2n) is 6.88. The first kappa shape index (κ1) is 18.9. The first-order valence-corrected chi connectivity index (χ1v) is 9.35. The van der Waals surface area contributed by atoms with Crippen molar-refractivity contribution in [1.29, 1.82) is 0 Å². The highest BCUT2D eigenvalue weighted by Crippen LogP contribution is 2.24. The lowest BCUT2D eigenvalue weighted by Crippen LogP contribution is -2.52. The molecule has 6 nitrogen and oxygen atoms in total. The lowest BCUT2D eigenvalue weighted by atomic mass is 10.00. The molecule has 2 aliphatic rings. The van der Waals surface area contributed by atoms with Crippen LogP contribution in [-0.2, 0) is 14.3 Å². The Labute approximate surface area is 154 Å². The van der Waals surface area contributed by atoms with E-state index in [9.17, 15) is 9.59 Å². The summed E-state index contributed by atoms with van der Waals surface area (Å²) in [6.45, 7) is 4.54. The van der Waals surface area contributed by atoms with Gasteiger partial charge in [-0.05, 0) is 44.2 Å². The van der Waals surface area contributed by atoms with E-state index in [1.54, 1.807) is 6.07 Å². The van der Waals surface area contributed by atoms with Crippen LogP contribution in [0.25, 0.3) is 0 Å². The monoisotopic (exact) mass is 361 g/mol. The van der Waals surface area contributed by atoms with Gasteiger partial charge in [-0.1, -0.05) is 12.1 Å². The number of aldehydes is 1. The Kier molecular flexibility index (Phi) is 6.63. The van der Waals surface area contributed by atoms with Crippen LogP contribution < -0.4 is 4.74 Å². The second kappa shape index (κ2) is 9.14. The number of ether oxygens (including phenoxy) is 3. The number of carbonyl (C=O) groups excluding carboxylic acids is 2. The summed E-state index contributed by atoms with van der Waals surface area (Å²) in [4.78, 5) is 26.4. The quantitative estimate of drug-likeness (QED) is 0.728. The molecule has 0 saturated carbocycles. The standard InChI is InChI=1S/C20H27NO5/c1-15-3-2-4-19(18(15)13-22)26-14-20(23)21(16-5-9-24-10-6-16)17-7-11-25-12-8-17/h2-4,13,16-17H,5-12,14H2,1H3. The normalized spacial score (nSPS) is 19.1. The molecule has 0 bridgehead atoms. The number of carbonyl (C=O) groups is 2. The fourth-order valence-electron chi connectivity index (χ4n) is 3.78. The van der Waals surface area contributed by atoms with E-state index in [-0.39, 0.29) is 24.6 Å². The summed E-state index contributed by atoms with van der Waals surface area (Å²) < 4.78 is 16.7.